The van der Waals surface area contributed by atoms with Crippen molar-refractivity contribution in [3.8, 4) is 0 Å². The van der Waals surface area contributed by atoms with Crippen LogP contribution in [0.3, 0.4) is 0 Å². The molecule has 9 heavy (non-hydrogen) atoms. The Balaban J connectivity index is 4.40. The van der Waals surface area contributed by atoms with Crippen molar-refractivity contribution in [2.75, 3.05) is 0 Å². The van der Waals surface area contributed by atoms with E-state index in [0.717, 1.165) is 0 Å². The van der Waals surface area contributed by atoms with Crippen molar-refractivity contribution in [2.24, 2.45) is 0 Å². The lowest BCUT2D eigenvalue weighted by molar-refractivity contribution is 0.125. The van der Waals surface area contributed by atoms with Gasteiger partial charge in [0.2, 0.25) is 0 Å². The van der Waals surface area contributed by atoms with Crippen molar-refractivity contribution in [1.29, 1.82) is 0 Å². The highest BCUT2D eigenvalue weighted by atomic mass is 79.9. The van der Waals surface area contributed by atoms with E-state index in [1.54, 1.807) is 0 Å². The van der Waals surface area contributed by atoms with E-state index >= 15 is 0 Å². The summed E-state index contributed by atoms with van der Waals surface area (Å²) in [6.07, 6.45) is 0. The summed E-state index contributed by atoms with van der Waals surface area (Å²) in [6, 6.07) is 0. The summed E-state index contributed by atoms with van der Waals surface area (Å²) in [5, 5.41) is 0. The molecule has 0 unspecified atom stereocenters. The van der Waals surface area contributed by atoms with Crippen LogP contribution in [0.4, 0.5) is 13.2 Å². The van der Waals surface area contributed by atoms with Crippen LogP contribution in [0.5, 0.6) is 0 Å². The van der Waals surface area contributed by atoms with Gasteiger partial charge in [0.25, 0.3) is 0 Å². The van der Waals surface area contributed by atoms with E-state index < -0.39 is 10.7 Å². The lowest BCUT2D eigenvalue weighted by atomic mass is 10.3. The molecule has 54 valence electrons. The fourth-order valence-electron chi connectivity index (χ4n) is 0.283. The number of rotatable bonds is 1. The molecule has 0 aromatic rings. The lowest BCUT2D eigenvalue weighted by Crippen LogP contribution is -2.06. The maximum atomic E-state index is 12.1. The standard InChI is InChI=1S/C5H6BrF3/c1-3(2)4(7)5(6,8)9/h1-2H3. The van der Waals surface area contributed by atoms with Crippen LogP contribution in [0.25, 0.3) is 0 Å². The van der Waals surface area contributed by atoms with Crippen LogP contribution in [-0.2, 0) is 0 Å². The zero-order chi connectivity index (χ0) is 7.65. The van der Waals surface area contributed by atoms with Crippen molar-refractivity contribution in [1.82, 2.24) is 0 Å². The van der Waals surface area contributed by atoms with Gasteiger partial charge in [-0.05, 0) is 35.4 Å². The van der Waals surface area contributed by atoms with Crippen molar-refractivity contribution in [3.05, 3.63) is 11.4 Å². The van der Waals surface area contributed by atoms with Gasteiger partial charge in [-0.25, -0.2) is 4.39 Å². The third kappa shape index (κ3) is 2.89. The summed E-state index contributed by atoms with van der Waals surface area (Å²) in [5.41, 5.74) is -0.0168. The SMILES string of the molecule is CC(C)=C(F)C(F)(F)Br. The summed E-state index contributed by atoms with van der Waals surface area (Å²) in [7, 11) is 0. The summed E-state index contributed by atoms with van der Waals surface area (Å²) in [4.78, 5) is -3.49. The Labute approximate surface area is 59.9 Å². The number of allylic oxidation sites excluding steroid dienone is 2. The minimum absolute atomic E-state index is 0.0168. The normalized spacial score (nSPS) is 11.3. The van der Waals surface area contributed by atoms with Gasteiger partial charge >= 0.3 is 4.83 Å². The van der Waals surface area contributed by atoms with Crippen LogP contribution >= 0.6 is 15.9 Å². The second-order valence-corrected chi connectivity index (χ2v) is 2.81. The highest BCUT2D eigenvalue weighted by Gasteiger charge is 2.31. The van der Waals surface area contributed by atoms with Gasteiger partial charge in [0.15, 0.2) is 5.83 Å². The smallest absolute Gasteiger partial charge is 0.204 e. The van der Waals surface area contributed by atoms with Gasteiger partial charge in [0, 0.05) is 0 Å². The second kappa shape index (κ2) is 2.73. The predicted octanol–water partition coefficient (Wildman–Crippen LogP) is 3.24. The average molecular weight is 203 g/mol. The molecule has 0 aromatic carbocycles. The number of hydrogen-bond donors (Lipinski definition) is 0. The molecule has 0 spiro atoms. The third-order valence-electron chi connectivity index (χ3n) is 0.688. The first-order valence-electron chi connectivity index (χ1n) is 2.26. The molecule has 0 amide bonds. The van der Waals surface area contributed by atoms with E-state index in [2.05, 4.69) is 0 Å². The van der Waals surface area contributed by atoms with E-state index in [1.165, 1.54) is 13.8 Å². The summed E-state index contributed by atoms with van der Waals surface area (Å²) in [6.45, 7) is 2.56. The van der Waals surface area contributed by atoms with Crippen LogP contribution in [0.1, 0.15) is 13.8 Å². The maximum Gasteiger partial charge on any atom is 0.352 e. The molecule has 0 bridgehead atoms. The van der Waals surface area contributed by atoms with Crippen LogP contribution in [0.2, 0.25) is 0 Å². The summed E-state index contributed by atoms with van der Waals surface area (Å²) in [5.74, 6) is -1.41. The molecule has 0 rings (SSSR count). The first-order chi connectivity index (χ1) is 3.85. The Hall–Kier alpha value is 0.01000. The summed E-state index contributed by atoms with van der Waals surface area (Å²) >= 11 is 1.88. The minimum atomic E-state index is -3.49. The monoisotopic (exact) mass is 202 g/mol. The topological polar surface area (TPSA) is 0 Å². The molecule has 0 atom stereocenters. The molecular formula is C5H6BrF3. The molecule has 0 N–H and O–H groups in total. The van der Waals surface area contributed by atoms with Crippen LogP contribution < -0.4 is 0 Å². The van der Waals surface area contributed by atoms with Crippen molar-refractivity contribution in [2.45, 2.75) is 18.7 Å². The fourth-order valence-corrected chi connectivity index (χ4v) is 0.680. The molecule has 0 aliphatic rings. The average Bonchev–Trinajstić information content (AvgIpc) is 1.62. The second-order valence-electron chi connectivity index (χ2n) is 1.81. The van der Waals surface area contributed by atoms with Crippen LogP contribution in [0.15, 0.2) is 11.4 Å². The van der Waals surface area contributed by atoms with Crippen LogP contribution in [-0.4, -0.2) is 4.83 Å². The maximum absolute atomic E-state index is 12.1. The Morgan fingerprint density at radius 1 is 1.33 bits per heavy atom. The first-order valence-corrected chi connectivity index (χ1v) is 3.05. The zero-order valence-electron chi connectivity index (χ0n) is 5.01. The molecular weight excluding hydrogens is 197 g/mol. The largest absolute Gasteiger partial charge is 0.352 e. The summed E-state index contributed by atoms with van der Waals surface area (Å²) < 4.78 is 35.8. The highest BCUT2D eigenvalue weighted by molar-refractivity contribution is 9.10. The number of hydrogen-bond acceptors (Lipinski definition) is 0. The van der Waals surface area contributed by atoms with E-state index in [-0.39, 0.29) is 5.57 Å². The molecule has 0 fully saturated rings. The van der Waals surface area contributed by atoms with E-state index in [4.69, 9.17) is 0 Å². The van der Waals surface area contributed by atoms with Gasteiger partial charge in [0.1, 0.15) is 0 Å². The molecule has 0 aliphatic carbocycles. The molecule has 0 nitrogen and oxygen atoms in total. The Bertz CT molecular complexity index is 130. The van der Waals surface area contributed by atoms with Gasteiger partial charge < -0.3 is 0 Å². The molecule has 0 saturated heterocycles. The molecule has 0 saturated carbocycles. The van der Waals surface area contributed by atoms with Gasteiger partial charge in [0.05, 0.1) is 0 Å². The van der Waals surface area contributed by atoms with Gasteiger partial charge in [-0.3, -0.25) is 0 Å². The third-order valence-corrected chi connectivity index (χ3v) is 1.04. The van der Waals surface area contributed by atoms with Crippen molar-refractivity contribution >= 4 is 15.9 Å². The number of alkyl halides is 3. The van der Waals surface area contributed by atoms with Gasteiger partial charge in [-0.15, -0.1) is 0 Å². The fraction of sp³-hybridized carbons (Fsp3) is 0.600. The predicted molar refractivity (Wildman–Crippen MR) is 33.4 cm³/mol. The van der Waals surface area contributed by atoms with Gasteiger partial charge in [-0.1, -0.05) is 0 Å². The van der Waals surface area contributed by atoms with E-state index in [0.29, 0.717) is 0 Å². The Morgan fingerprint density at radius 3 is 1.67 bits per heavy atom. The molecule has 4 heteroatoms. The van der Waals surface area contributed by atoms with Gasteiger partial charge in [-0.2, -0.15) is 8.78 Å². The van der Waals surface area contributed by atoms with Crippen molar-refractivity contribution < 1.29 is 13.2 Å². The number of halogens is 4. The molecule has 0 aromatic heterocycles. The van der Waals surface area contributed by atoms with E-state index in [9.17, 15) is 13.2 Å². The highest BCUT2D eigenvalue weighted by Crippen LogP contribution is 2.33. The zero-order valence-corrected chi connectivity index (χ0v) is 6.60. The molecule has 0 heterocycles. The Kier molecular flexibility index (Phi) is 2.73. The Morgan fingerprint density at radius 2 is 1.67 bits per heavy atom. The first kappa shape index (κ1) is 9.01. The molecule has 0 aliphatic heterocycles. The van der Waals surface area contributed by atoms with Crippen molar-refractivity contribution in [3.63, 3.8) is 0 Å². The molecule has 0 radical (unpaired) electrons. The lowest BCUT2D eigenvalue weighted by Gasteiger charge is -2.05. The van der Waals surface area contributed by atoms with Crippen LogP contribution in [0, 0.1) is 0 Å². The minimum Gasteiger partial charge on any atom is -0.204 e. The quantitative estimate of drug-likeness (QED) is 0.573. The van der Waals surface area contributed by atoms with E-state index in [1.807, 2.05) is 15.9 Å².